The zero-order valence-corrected chi connectivity index (χ0v) is 19.5. The topological polar surface area (TPSA) is 117 Å². The van der Waals surface area contributed by atoms with Crippen molar-refractivity contribution >= 4 is 27.0 Å². The average Bonchev–Trinajstić information content (AvgIpc) is 3.10. The van der Waals surface area contributed by atoms with E-state index in [-0.39, 0.29) is 22.8 Å². The summed E-state index contributed by atoms with van der Waals surface area (Å²) in [5.74, 6) is -1.60. The van der Waals surface area contributed by atoms with Crippen LogP contribution >= 0.6 is 0 Å². The molecular weight excluding hydrogens is 446 g/mol. The number of nitrogens with zero attached hydrogens (tertiary/aromatic N) is 2. The van der Waals surface area contributed by atoms with Crippen molar-refractivity contribution in [2.75, 3.05) is 26.4 Å². The Morgan fingerprint density at radius 1 is 1.33 bits per heavy atom. The van der Waals surface area contributed by atoms with Gasteiger partial charge in [0, 0.05) is 31.9 Å². The molecule has 2 aliphatic heterocycles. The molecule has 1 spiro atoms. The lowest BCUT2D eigenvalue weighted by Gasteiger charge is -2.36. The van der Waals surface area contributed by atoms with Gasteiger partial charge in [-0.05, 0) is 50.5 Å². The van der Waals surface area contributed by atoms with Gasteiger partial charge in [0.25, 0.3) is 5.91 Å². The molecule has 0 radical (unpaired) electrons. The van der Waals surface area contributed by atoms with E-state index >= 15 is 0 Å². The second-order valence-corrected chi connectivity index (χ2v) is 9.63. The number of ether oxygens (including phenoxy) is 2. The molecule has 0 saturated carbocycles. The van der Waals surface area contributed by atoms with Gasteiger partial charge in [-0.2, -0.15) is 13.5 Å². The minimum absolute atomic E-state index is 0.00211. The number of aryl methyl sites for hydroxylation is 2. The van der Waals surface area contributed by atoms with E-state index < -0.39 is 22.2 Å². The molecule has 0 bridgehead atoms. The summed E-state index contributed by atoms with van der Waals surface area (Å²) >= 11 is 0. The van der Waals surface area contributed by atoms with E-state index in [4.69, 9.17) is 14.6 Å². The molecule has 10 heteroatoms. The molecule has 1 aromatic heterocycles. The minimum Gasteiger partial charge on any atom is -0.465 e. The summed E-state index contributed by atoms with van der Waals surface area (Å²) in [7, 11) is -2.48. The molecule has 1 unspecified atom stereocenters. The van der Waals surface area contributed by atoms with E-state index in [2.05, 4.69) is 5.32 Å². The highest BCUT2D eigenvalue weighted by molar-refractivity contribution is 7.73. The van der Waals surface area contributed by atoms with Gasteiger partial charge in [-0.1, -0.05) is 18.2 Å². The molecule has 1 aromatic rings. The van der Waals surface area contributed by atoms with E-state index in [1.54, 1.807) is 16.8 Å². The molecule has 3 heterocycles. The summed E-state index contributed by atoms with van der Waals surface area (Å²) in [5.41, 5.74) is 2.45. The molecule has 0 aromatic carbocycles. The van der Waals surface area contributed by atoms with Crippen molar-refractivity contribution in [3.05, 3.63) is 41.3 Å². The summed E-state index contributed by atoms with van der Waals surface area (Å²) < 4.78 is 35.4. The standard InChI is InChI=1S/C23H29N3O6S/c1-2-26-20-17(14-23(15-24-21(20)27)9-12-31-13-10-23)18(25-26)7-5-11-32-22(28)16-6-3-4-8-19(16)33(29)30/h3-4,6,8,16H,2,5,7,9-15H2,1H3,(H,24,27). The maximum atomic E-state index is 12.9. The Bertz CT molecular complexity index is 1120. The fraction of sp³-hybridized carbons (Fsp3) is 0.565. The number of allylic oxidation sites excluding steroid dienone is 3. The SMILES string of the molecule is CCn1nc(CCCOC(=O)C2C=CC=CC2=S(=O)=O)c2c1C(=O)NCC1(CCOCC1)C2. The Morgan fingerprint density at radius 3 is 2.85 bits per heavy atom. The van der Waals surface area contributed by atoms with Crippen LogP contribution < -0.4 is 5.32 Å². The normalized spacial score (nSPS) is 21.4. The predicted octanol–water partition coefficient (Wildman–Crippen LogP) is 1.26. The number of aromatic nitrogens is 2. The highest BCUT2D eigenvalue weighted by Gasteiger charge is 2.39. The van der Waals surface area contributed by atoms with Crippen molar-refractivity contribution in [3.63, 3.8) is 0 Å². The van der Waals surface area contributed by atoms with Crippen molar-refractivity contribution in [1.82, 2.24) is 15.1 Å². The van der Waals surface area contributed by atoms with E-state index in [9.17, 15) is 18.0 Å². The number of esters is 1. The van der Waals surface area contributed by atoms with Gasteiger partial charge in [0.15, 0.2) is 0 Å². The molecule has 1 saturated heterocycles. The third-order valence-corrected chi connectivity index (χ3v) is 7.38. The minimum atomic E-state index is -2.48. The van der Waals surface area contributed by atoms with Gasteiger partial charge in [0.05, 0.1) is 17.2 Å². The van der Waals surface area contributed by atoms with Crippen molar-refractivity contribution < 1.29 is 27.5 Å². The number of carbonyl (C=O) groups excluding carboxylic acids is 2. The van der Waals surface area contributed by atoms with Crippen LogP contribution in [-0.4, -0.2) is 61.3 Å². The Hall–Kier alpha value is -2.72. The number of rotatable bonds is 6. The first-order valence-corrected chi connectivity index (χ1v) is 12.4. The number of hydrogen-bond acceptors (Lipinski definition) is 7. The maximum absolute atomic E-state index is 12.9. The quantitative estimate of drug-likeness (QED) is 0.374. The average molecular weight is 476 g/mol. The third-order valence-electron chi connectivity index (χ3n) is 6.61. The number of fused-ring (bicyclic) bond motifs is 1. The number of amides is 1. The molecule has 1 atom stereocenters. The first kappa shape index (κ1) is 23.4. The van der Waals surface area contributed by atoms with E-state index in [1.807, 2.05) is 6.92 Å². The Labute approximate surface area is 194 Å². The molecular formula is C23H29N3O6S. The Morgan fingerprint density at radius 2 is 2.12 bits per heavy atom. The highest BCUT2D eigenvalue weighted by atomic mass is 32.2. The van der Waals surface area contributed by atoms with Gasteiger partial charge in [0.1, 0.15) is 11.6 Å². The molecule has 1 fully saturated rings. The molecule has 178 valence electrons. The van der Waals surface area contributed by atoms with E-state index in [0.29, 0.717) is 44.8 Å². The van der Waals surface area contributed by atoms with Crippen LogP contribution in [0.2, 0.25) is 0 Å². The van der Waals surface area contributed by atoms with Crippen molar-refractivity contribution in [2.45, 2.75) is 45.6 Å². The Balaban J connectivity index is 1.44. The van der Waals surface area contributed by atoms with E-state index in [0.717, 1.165) is 30.5 Å². The highest BCUT2D eigenvalue weighted by Crippen LogP contribution is 2.37. The number of nitrogens with one attached hydrogen (secondary N) is 1. The second-order valence-electron chi connectivity index (χ2n) is 8.69. The van der Waals surface area contributed by atoms with Crippen LogP contribution in [0.1, 0.15) is 47.9 Å². The number of hydrogen-bond donors (Lipinski definition) is 1. The summed E-state index contributed by atoms with van der Waals surface area (Å²) in [6, 6.07) is 0. The monoisotopic (exact) mass is 475 g/mol. The fourth-order valence-corrected chi connectivity index (χ4v) is 5.32. The predicted molar refractivity (Wildman–Crippen MR) is 121 cm³/mol. The summed E-state index contributed by atoms with van der Waals surface area (Å²) in [4.78, 5) is 25.3. The van der Waals surface area contributed by atoms with E-state index in [1.165, 1.54) is 12.2 Å². The van der Waals surface area contributed by atoms with Gasteiger partial charge >= 0.3 is 5.97 Å². The van der Waals surface area contributed by atoms with Crippen molar-refractivity contribution in [2.24, 2.45) is 11.3 Å². The molecule has 4 rings (SSSR count). The molecule has 9 nitrogen and oxygen atoms in total. The van der Waals surface area contributed by atoms with Crippen molar-refractivity contribution in [3.8, 4) is 0 Å². The zero-order valence-electron chi connectivity index (χ0n) is 18.7. The maximum Gasteiger partial charge on any atom is 0.318 e. The Kier molecular flexibility index (Phi) is 7.14. The van der Waals surface area contributed by atoms with Crippen LogP contribution in [0.4, 0.5) is 0 Å². The smallest absolute Gasteiger partial charge is 0.318 e. The molecule has 1 aliphatic carbocycles. The largest absolute Gasteiger partial charge is 0.465 e. The van der Waals surface area contributed by atoms with Crippen LogP contribution in [0.5, 0.6) is 0 Å². The molecule has 33 heavy (non-hydrogen) atoms. The lowest BCUT2D eigenvalue weighted by atomic mass is 9.75. The van der Waals surface area contributed by atoms with Gasteiger partial charge in [0.2, 0.25) is 10.3 Å². The van der Waals surface area contributed by atoms with Gasteiger partial charge in [-0.15, -0.1) is 0 Å². The zero-order chi connectivity index (χ0) is 23.4. The lowest BCUT2D eigenvalue weighted by Crippen LogP contribution is -2.40. The van der Waals surface area contributed by atoms with Crippen LogP contribution in [0, 0.1) is 11.3 Å². The van der Waals surface area contributed by atoms with Crippen molar-refractivity contribution in [1.29, 1.82) is 0 Å². The molecule has 3 aliphatic rings. The molecule has 1 amide bonds. The van der Waals surface area contributed by atoms with Gasteiger partial charge < -0.3 is 14.8 Å². The second kappa shape index (κ2) is 10.0. The van der Waals surface area contributed by atoms with Crippen LogP contribution in [-0.2, 0) is 43.9 Å². The summed E-state index contributed by atoms with van der Waals surface area (Å²) in [6.07, 6.45) is 9.77. The summed E-state index contributed by atoms with van der Waals surface area (Å²) in [6.45, 7) is 4.71. The van der Waals surface area contributed by atoms with Gasteiger partial charge in [-0.25, -0.2) is 0 Å². The first-order chi connectivity index (χ1) is 15.9. The van der Waals surface area contributed by atoms with Crippen LogP contribution in [0.25, 0.3) is 0 Å². The number of carbonyl (C=O) groups is 2. The van der Waals surface area contributed by atoms with Gasteiger partial charge in [-0.3, -0.25) is 14.3 Å². The first-order valence-electron chi connectivity index (χ1n) is 11.4. The van der Waals surface area contributed by atoms with Crippen LogP contribution in [0.3, 0.4) is 0 Å². The third kappa shape index (κ3) is 4.96. The molecule has 1 N–H and O–H groups in total. The fourth-order valence-electron chi connectivity index (χ4n) is 4.75. The van der Waals surface area contributed by atoms with Crippen LogP contribution in [0.15, 0.2) is 24.3 Å². The summed E-state index contributed by atoms with van der Waals surface area (Å²) in [5, 5.41) is 7.79. The lowest BCUT2D eigenvalue weighted by molar-refractivity contribution is -0.144.